The molecule has 102 valence electrons. The highest BCUT2D eigenvalue weighted by Gasteiger charge is 2.23. The third kappa shape index (κ3) is 2.15. The number of rotatable bonds is 0. The van der Waals surface area contributed by atoms with Gasteiger partial charge in [0.05, 0.1) is 6.04 Å². The average molecular weight is 272 g/mol. The van der Waals surface area contributed by atoms with E-state index < -0.39 is 0 Å². The molecule has 1 atom stereocenters. The summed E-state index contributed by atoms with van der Waals surface area (Å²) in [5.74, 6) is 0. The van der Waals surface area contributed by atoms with Crippen LogP contribution in [0.2, 0.25) is 0 Å². The minimum absolute atomic E-state index is 0.221. The van der Waals surface area contributed by atoms with Crippen LogP contribution < -0.4 is 10.6 Å². The SMILES string of the molecule is C1=CNc2ccccc2C=C2c3ccccc3NC2C=C1. The zero-order valence-electron chi connectivity index (χ0n) is 11.6. The maximum Gasteiger partial charge on any atom is 0.0708 e. The Balaban J connectivity index is 1.92. The molecule has 0 radical (unpaired) electrons. The zero-order valence-corrected chi connectivity index (χ0v) is 11.6. The highest BCUT2D eigenvalue weighted by molar-refractivity contribution is 5.97. The van der Waals surface area contributed by atoms with Gasteiger partial charge in [0.2, 0.25) is 0 Å². The lowest BCUT2D eigenvalue weighted by Crippen LogP contribution is -2.11. The number of para-hydroxylation sites is 2. The van der Waals surface area contributed by atoms with Gasteiger partial charge in [-0.05, 0) is 35.4 Å². The summed E-state index contributed by atoms with van der Waals surface area (Å²) in [4.78, 5) is 0. The van der Waals surface area contributed by atoms with E-state index in [0.29, 0.717) is 0 Å². The van der Waals surface area contributed by atoms with Crippen molar-refractivity contribution in [2.24, 2.45) is 0 Å². The van der Waals surface area contributed by atoms with Crippen molar-refractivity contribution in [2.45, 2.75) is 6.04 Å². The summed E-state index contributed by atoms with van der Waals surface area (Å²) in [7, 11) is 0. The molecule has 4 rings (SSSR count). The summed E-state index contributed by atoms with van der Waals surface area (Å²) in [5.41, 5.74) is 6.13. The summed E-state index contributed by atoms with van der Waals surface area (Å²) in [6.07, 6.45) is 10.5. The molecule has 0 saturated carbocycles. The Bertz CT molecular complexity index is 769. The van der Waals surface area contributed by atoms with Crippen LogP contribution >= 0.6 is 0 Å². The summed E-state index contributed by atoms with van der Waals surface area (Å²) < 4.78 is 0. The molecule has 21 heavy (non-hydrogen) atoms. The summed E-state index contributed by atoms with van der Waals surface area (Å²) in [6.45, 7) is 0. The molecule has 0 aliphatic carbocycles. The van der Waals surface area contributed by atoms with Crippen LogP contribution in [0.3, 0.4) is 0 Å². The Morgan fingerprint density at radius 3 is 2.57 bits per heavy atom. The second-order valence-electron chi connectivity index (χ2n) is 5.24. The number of anilines is 2. The van der Waals surface area contributed by atoms with Gasteiger partial charge in [-0.1, -0.05) is 48.6 Å². The topological polar surface area (TPSA) is 24.1 Å². The van der Waals surface area contributed by atoms with E-state index in [0.717, 1.165) is 5.69 Å². The van der Waals surface area contributed by atoms with Crippen molar-refractivity contribution in [3.05, 3.63) is 84.1 Å². The smallest absolute Gasteiger partial charge is 0.0708 e. The van der Waals surface area contributed by atoms with Gasteiger partial charge in [0.25, 0.3) is 0 Å². The van der Waals surface area contributed by atoms with E-state index in [1.54, 1.807) is 0 Å². The highest BCUT2D eigenvalue weighted by Crippen LogP contribution is 2.37. The fourth-order valence-electron chi connectivity index (χ4n) is 2.88. The minimum atomic E-state index is 0.221. The maximum atomic E-state index is 3.57. The van der Waals surface area contributed by atoms with Crippen LogP contribution in [0.25, 0.3) is 11.6 Å². The van der Waals surface area contributed by atoms with Crippen LogP contribution in [-0.4, -0.2) is 6.04 Å². The third-order valence-electron chi connectivity index (χ3n) is 3.91. The summed E-state index contributed by atoms with van der Waals surface area (Å²) in [5, 5.41) is 6.91. The van der Waals surface area contributed by atoms with E-state index in [2.05, 4.69) is 77.4 Å². The minimum Gasteiger partial charge on any atom is -0.374 e. The molecule has 1 unspecified atom stereocenters. The van der Waals surface area contributed by atoms with Crippen LogP contribution in [0.1, 0.15) is 11.1 Å². The fourth-order valence-corrected chi connectivity index (χ4v) is 2.88. The number of nitrogens with one attached hydrogen (secondary N) is 2. The molecule has 2 aromatic rings. The Morgan fingerprint density at radius 2 is 1.62 bits per heavy atom. The van der Waals surface area contributed by atoms with Crippen LogP contribution in [0.5, 0.6) is 0 Å². The van der Waals surface area contributed by atoms with Crippen molar-refractivity contribution in [1.82, 2.24) is 0 Å². The Kier molecular flexibility index (Phi) is 2.86. The molecule has 2 aliphatic rings. The van der Waals surface area contributed by atoms with E-state index in [9.17, 15) is 0 Å². The number of allylic oxidation sites excluding steroid dienone is 2. The average Bonchev–Trinajstić information content (AvgIpc) is 2.87. The van der Waals surface area contributed by atoms with Crippen LogP contribution in [0, 0.1) is 0 Å². The van der Waals surface area contributed by atoms with Crippen LogP contribution in [0.15, 0.2) is 73.0 Å². The third-order valence-corrected chi connectivity index (χ3v) is 3.91. The van der Waals surface area contributed by atoms with Crippen molar-refractivity contribution in [1.29, 1.82) is 0 Å². The van der Waals surface area contributed by atoms with E-state index in [1.807, 2.05) is 12.3 Å². The zero-order chi connectivity index (χ0) is 14.1. The molecular formula is C19H16N2. The highest BCUT2D eigenvalue weighted by atomic mass is 14.9. The lowest BCUT2D eigenvalue weighted by molar-refractivity contribution is 1.19. The van der Waals surface area contributed by atoms with Crippen molar-refractivity contribution in [3.8, 4) is 0 Å². The van der Waals surface area contributed by atoms with Gasteiger partial charge in [0, 0.05) is 23.1 Å². The molecule has 0 spiro atoms. The van der Waals surface area contributed by atoms with Crippen molar-refractivity contribution in [3.63, 3.8) is 0 Å². The quantitative estimate of drug-likeness (QED) is 0.737. The van der Waals surface area contributed by atoms with Gasteiger partial charge < -0.3 is 10.6 Å². The number of hydrogen-bond donors (Lipinski definition) is 2. The first kappa shape index (κ1) is 12.0. The molecule has 0 aromatic heterocycles. The molecular weight excluding hydrogens is 256 g/mol. The van der Waals surface area contributed by atoms with Gasteiger partial charge in [0.15, 0.2) is 0 Å². The van der Waals surface area contributed by atoms with E-state index in [4.69, 9.17) is 0 Å². The molecule has 0 fully saturated rings. The first-order chi connectivity index (χ1) is 10.4. The van der Waals surface area contributed by atoms with E-state index in [1.165, 1.54) is 22.4 Å². The predicted molar refractivity (Wildman–Crippen MR) is 90.1 cm³/mol. The summed E-state index contributed by atoms with van der Waals surface area (Å²) in [6, 6.07) is 17.1. The Hall–Kier alpha value is -2.74. The molecule has 2 heteroatoms. The molecule has 0 amide bonds. The molecule has 2 aromatic carbocycles. The molecule has 0 saturated heterocycles. The van der Waals surface area contributed by atoms with Crippen molar-refractivity contribution in [2.75, 3.05) is 10.6 Å². The largest absolute Gasteiger partial charge is 0.374 e. The van der Waals surface area contributed by atoms with Gasteiger partial charge in [-0.3, -0.25) is 0 Å². The van der Waals surface area contributed by atoms with Gasteiger partial charge in [-0.2, -0.15) is 0 Å². The lowest BCUT2D eigenvalue weighted by Gasteiger charge is -2.12. The molecule has 2 N–H and O–H groups in total. The van der Waals surface area contributed by atoms with Gasteiger partial charge in [-0.25, -0.2) is 0 Å². The standard InChI is InChI=1S/C19H16N2/c1-3-9-17-14(7-1)13-16-15-8-2-4-10-18(15)21-19(16)11-5-6-12-20-17/h1-13,19-21H. The van der Waals surface area contributed by atoms with Crippen LogP contribution in [0.4, 0.5) is 11.4 Å². The van der Waals surface area contributed by atoms with Gasteiger partial charge >= 0.3 is 0 Å². The molecule has 2 heterocycles. The molecule has 2 aliphatic heterocycles. The summed E-state index contributed by atoms with van der Waals surface area (Å²) >= 11 is 0. The molecule has 2 nitrogen and oxygen atoms in total. The first-order valence-electron chi connectivity index (χ1n) is 7.18. The van der Waals surface area contributed by atoms with Crippen LogP contribution in [-0.2, 0) is 0 Å². The second-order valence-corrected chi connectivity index (χ2v) is 5.24. The maximum absolute atomic E-state index is 3.57. The lowest BCUT2D eigenvalue weighted by atomic mass is 9.98. The monoisotopic (exact) mass is 272 g/mol. The Labute approximate surface area is 124 Å². The normalized spacial score (nSPS) is 18.7. The molecule has 0 bridgehead atoms. The first-order valence-corrected chi connectivity index (χ1v) is 7.18. The van der Waals surface area contributed by atoms with Crippen molar-refractivity contribution < 1.29 is 0 Å². The van der Waals surface area contributed by atoms with Gasteiger partial charge in [0.1, 0.15) is 0 Å². The van der Waals surface area contributed by atoms with E-state index in [-0.39, 0.29) is 6.04 Å². The number of benzene rings is 2. The number of fused-ring (bicyclic) bond motifs is 4. The predicted octanol–water partition coefficient (Wildman–Crippen LogP) is 4.52. The second kappa shape index (κ2) is 4.98. The Morgan fingerprint density at radius 1 is 0.810 bits per heavy atom. The fraction of sp³-hybridized carbons (Fsp3) is 0.0526. The van der Waals surface area contributed by atoms with E-state index >= 15 is 0 Å². The van der Waals surface area contributed by atoms with Crippen molar-refractivity contribution >= 4 is 23.0 Å². The van der Waals surface area contributed by atoms with Gasteiger partial charge in [-0.15, -0.1) is 0 Å². The number of hydrogen-bond acceptors (Lipinski definition) is 2.